The van der Waals surface area contributed by atoms with E-state index in [1.807, 2.05) is 0 Å². The number of nitrogens with two attached hydrogens (primary N) is 1. The molecular formula is C11H12N2O4S. The van der Waals surface area contributed by atoms with Gasteiger partial charge in [0.1, 0.15) is 12.3 Å². The van der Waals surface area contributed by atoms with E-state index in [9.17, 15) is 4.79 Å². The van der Waals surface area contributed by atoms with Crippen LogP contribution < -0.4 is 20.5 Å². The number of anilines is 1. The first-order valence-corrected chi connectivity index (χ1v) is 5.50. The second-order valence-electron chi connectivity index (χ2n) is 3.59. The summed E-state index contributed by atoms with van der Waals surface area (Å²) in [6.45, 7) is 0.195. The highest BCUT2D eigenvalue weighted by Crippen LogP contribution is 2.42. The van der Waals surface area contributed by atoms with Gasteiger partial charge in [0, 0.05) is 5.56 Å². The van der Waals surface area contributed by atoms with Crippen molar-refractivity contribution in [1.29, 1.82) is 0 Å². The Bertz CT molecular complexity index is 530. The van der Waals surface area contributed by atoms with Crippen molar-refractivity contribution >= 4 is 29.0 Å². The zero-order valence-corrected chi connectivity index (χ0v) is 10.7. The predicted molar refractivity (Wildman–Crippen MR) is 69.1 cm³/mol. The number of fused-ring (bicyclic) bond motifs is 1. The molecule has 3 N–H and O–H groups in total. The fourth-order valence-electron chi connectivity index (χ4n) is 1.85. The second-order valence-corrected chi connectivity index (χ2v) is 4.03. The quantitative estimate of drug-likeness (QED) is 0.625. The normalized spacial score (nSPS) is 12.7. The highest BCUT2D eigenvalue weighted by Gasteiger charge is 2.30. The smallest absolute Gasteiger partial charge is 0.341 e. The Morgan fingerprint density at radius 1 is 1.50 bits per heavy atom. The molecule has 0 fully saturated rings. The summed E-state index contributed by atoms with van der Waals surface area (Å²) in [4.78, 5) is 11.7. The minimum absolute atomic E-state index is 0.0310. The lowest BCUT2D eigenvalue weighted by atomic mass is 10.1. The Balaban J connectivity index is 2.67. The number of benzene rings is 1. The molecule has 0 aliphatic carbocycles. The molecule has 0 saturated carbocycles. The number of carbonyl (C=O) groups is 1. The van der Waals surface area contributed by atoms with E-state index in [1.165, 1.54) is 14.2 Å². The molecule has 6 nitrogen and oxygen atoms in total. The molecule has 0 amide bonds. The Morgan fingerprint density at radius 2 is 2.22 bits per heavy atom. The first kappa shape index (κ1) is 12.4. The summed E-state index contributed by atoms with van der Waals surface area (Å²) in [6, 6.07) is 1.70. The fraction of sp³-hybridized carbons (Fsp3) is 0.273. The number of carbonyl (C=O) groups excluding carboxylic acids is 1. The monoisotopic (exact) mass is 268 g/mol. The van der Waals surface area contributed by atoms with Gasteiger partial charge in [-0.1, -0.05) is 0 Å². The van der Waals surface area contributed by atoms with Gasteiger partial charge in [-0.15, -0.1) is 0 Å². The summed E-state index contributed by atoms with van der Waals surface area (Å²) >= 11 is 4.79. The molecular weight excluding hydrogens is 256 g/mol. The molecule has 1 aliphatic rings. The van der Waals surface area contributed by atoms with Crippen molar-refractivity contribution in [3.63, 3.8) is 0 Å². The van der Waals surface area contributed by atoms with E-state index in [-0.39, 0.29) is 11.7 Å². The van der Waals surface area contributed by atoms with Gasteiger partial charge in [-0.25, -0.2) is 4.79 Å². The lowest BCUT2D eigenvalue weighted by Crippen LogP contribution is -2.21. The standard InChI is InChI=1S/C11H12N2O4S/c1-15-6-3-5-4-17-10(14)7(5)8(9(6)16-2)13-11(12)18/h3H,4H2,1-2H3,(H3,12,13,18). The zero-order chi connectivity index (χ0) is 13.3. The summed E-state index contributed by atoms with van der Waals surface area (Å²) < 4.78 is 15.4. The molecule has 1 aliphatic heterocycles. The van der Waals surface area contributed by atoms with E-state index in [2.05, 4.69) is 5.32 Å². The third-order valence-electron chi connectivity index (χ3n) is 2.56. The minimum Gasteiger partial charge on any atom is -0.493 e. The molecule has 1 heterocycles. The topological polar surface area (TPSA) is 82.8 Å². The van der Waals surface area contributed by atoms with Crippen molar-refractivity contribution in [2.45, 2.75) is 6.61 Å². The first-order chi connectivity index (χ1) is 8.58. The van der Waals surface area contributed by atoms with Crippen molar-refractivity contribution in [3.05, 3.63) is 17.2 Å². The van der Waals surface area contributed by atoms with Crippen molar-refractivity contribution in [3.8, 4) is 11.5 Å². The van der Waals surface area contributed by atoms with Gasteiger partial charge in [-0.05, 0) is 18.3 Å². The van der Waals surface area contributed by atoms with Crippen LogP contribution in [0.5, 0.6) is 11.5 Å². The largest absolute Gasteiger partial charge is 0.493 e. The number of methoxy groups -OCH3 is 2. The number of thiocarbonyl (C=S) groups is 1. The molecule has 0 aromatic heterocycles. The summed E-state index contributed by atoms with van der Waals surface area (Å²) in [7, 11) is 2.97. The van der Waals surface area contributed by atoms with Gasteiger partial charge in [-0.3, -0.25) is 0 Å². The number of ether oxygens (including phenoxy) is 3. The average molecular weight is 268 g/mol. The Hall–Kier alpha value is -2.02. The van der Waals surface area contributed by atoms with Gasteiger partial charge >= 0.3 is 5.97 Å². The third-order valence-corrected chi connectivity index (χ3v) is 2.66. The number of rotatable bonds is 3. The van der Waals surface area contributed by atoms with Gasteiger partial charge in [0.2, 0.25) is 0 Å². The Labute approximate surface area is 109 Å². The van der Waals surface area contributed by atoms with Crippen LogP contribution in [0.25, 0.3) is 0 Å². The summed E-state index contributed by atoms with van der Waals surface area (Å²) in [5, 5.41) is 2.76. The van der Waals surface area contributed by atoms with E-state index in [1.54, 1.807) is 6.07 Å². The van der Waals surface area contributed by atoms with Crippen LogP contribution in [0, 0.1) is 0 Å². The minimum atomic E-state index is -0.440. The number of hydrogen-bond donors (Lipinski definition) is 2. The van der Waals surface area contributed by atoms with E-state index in [0.717, 1.165) is 0 Å². The van der Waals surface area contributed by atoms with Gasteiger partial charge in [0.25, 0.3) is 0 Å². The molecule has 0 atom stereocenters. The number of esters is 1. The van der Waals surface area contributed by atoms with Crippen LogP contribution in [0.4, 0.5) is 5.69 Å². The van der Waals surface area contributed by atoms with Crippen LogP contribution in [-0.2, 0) is 11.3 Å². The molecule has 1 aromatic carbocycles. The van der Waals surface area contributed by atoms with Gasteiger partial charge in [0.15, 0.2) is 16.6 Å². The van der Waals surface area contributed by atoms with E-state index >= 15 is 0 Å². The molecule has 18 heavy (non-hydrogen) atoms. The molecule has 0 radical (unpaired) electrons. The lowest BCUT2D eigenvalue weighted by molar-refractivity contribution is 0.0535. The van der Waals surface area contributed by atoms with Crippen molar-refractivity contribution in [2.75, 3.05) is 19.5 Å². The fourth-order valence-corrected chi connectivity index (χ4v) is 1.95. The predicted octanol–water partition coefficient (Wildman–Crippen LogP) is 1.03. The zero-order valence-electron chi connectivity index (χ0n) is 9.90. The van der Waals surface area contributed by atoms with E-state index < -0.39 is 5.97 Å². The van der Waals surface area contributed by atoms with Crippen LogP contribution in [0.3, 0.4) is 0 Å². The lowest BCUT2D eigenvalue weighted by Gasteiger charge is -2.15. The second kappa shape index (κ2) is 4.69. The van der Waals surface area contributed by atoms with Crippen molar-refractivity contribution < 1.29 is 19.0 Å². The number of nitrogens with one attached hydrogen (secondary N) is 1. The maximum atomic E-state index is 11.7. The molecule has 0 saturated heterocycles. The van der Waals surface area contributed by atoms with Gasteiger partial charge in [0.05, 0.1) is 19.8 Å². The molecule has 2 rings (SSSR count). The molecule has 0 spiro atoms. The average Bonchev–Trinajstić information content (AvgIpc) is 2.69. The van der Waals surface area contributed by atoms with E-state index in [4.69, 9.17) is 32.2 Å². The summed E-state index contributed by atoms with van der Waals surface area (Å²) in [5.74, 6) is 0.404. The highest BCUT2D eigenvalue weighted by molar-refractivity contribution is 7.80. The van der Waals surface area contributed by atoms with Gasteiger partial charge in [-0.2, -0.15) is 0 Å². The molecule has 1 aromatic rings. The Morgan fingerprint density at radius 3 is 2.78 bits per heavy atom. The molecule has 0 bridgehead atoms. The van der Waals surface area contributed by atoms with Crippen LogP contribution >= 0.6 is 12.2 Å². The van der Waals surface area contributed by atoms with Gasteiger partial charge < -0.3 is 25.3 Å². The van der Waals surface area contributed by atoms with Crippen LogP contribution in [0.1, 0.15) is 15.9 Å². The number of cyclic esters (lactones) is 1. The van der Waals surface area contributed by atoms with Crippen LogP contribution in [0.2, 0.25) is 0 Å². The number of hydrogen-bond acceptors (Lipinski definition) is 5. The molecule has 96 valence electrons. The summed E-state index contributed by atoms with van der Waals surface area (Å²) in [6.07, 6.45) is 0. The van der Waals surface area contributed by atoms with E-state index in [0.29, 0.717) is 28.3 Å². The SMILES string of the molecule is COc1cc2c(c(NC(N)=S)c1OC)C(=O)OC2. The van der Waals surface area contributed by atoms with Crippen molar-refractivity contribution in [1.82, 2.24) is 0 Å². The Kier molecular flexibility index (Phi) is 3.24. The first-order valence-electron chi connectivity index (χ1n) is 5.10. The third kappa shape index (κ3) is 1.92. The van der Waals surface area contributed by atoms with Crippen molar-refractivity contribution in [2.24, 2.45) is 5.73 Å². The van der Waals surface area contributed by atoms with Crippen LogP contribution in [-0.4, -0.2) is 25.3 Å². The maximum absolute atomic E-state index is 11.7. The molecule has 7 heteroatoms. The summed E-state index contributed by atoms with van der Waals surface area (Å²) in [5.41, 5.74) is 6.91. The maximum Gasteiger partial charge on any atom is 0.341 e. The highest BCUT2D eigenvalue weighted by atomic mass is 32.1. The van der Waals surface area contributed by atoms with Crippen LogP contribution in [0.15, 0.2) is 6.07 Å². The molecule has 0 unspecified atom stereocenters.